The van der Waals surface area contributed by atoms with Gasteiger partial charge in [0.25, 0.3) is 0 Å². The Morgan fingerprint density at radius 2 is 2.05 bits per heavy atom. The molecule has 0 radical (unpaired) electrons. The zero-order valence-corrected chi connectivity index (χ0v) is 13.4. The molecule has 0 saturated carbocycles. The van der Waals surface area contributed by atoms with Crippen LogP contribution in [-0.4, -0.2) is 34.6 Å². The quantitative estimate of drug-likeness (QED) is 0.813. The van der Waals surface area contributed by atoms with Crippen molar-refractivity contribution < 1.29 is 8.42 Å². The fourth-order valence-corrected chi connectivity index (χ4v) is 3.55. The Morgan fingerprint density at radius 1 is 1.35 bits per heavy atom. The van der Waals surface area contributed by atoms with Crippen LogP contribution in [0.4, 0.5) is 0 Å². The fraction of sp³-hybridized carbons (Fsp3) is 0.538. The highest BCUT2D eigenvalue weighted by Gasteiger charge is 2.23. The van der Waals surface area contributed by atoms with Gasteiger partial charge >= 0.3 is 0 Å². The van der Waals surface area contributed by atoms with Gasteiger partial charge < -0.3 is 0 Å². The van der Waals surface area contributed by atoms with Gasteiger partial charge in [-0.05, 0) is 12.5 Å². The molecule has 2 aromatic rings. The smallest absolute Gasteiger partial charge is 0.197 e. The van der Waals surface area contributed by atoms with E-state index in [9.17, 15) is 8.42 Å². The van der Waals surface area contributed by atoms with Gasteiger partial charge in [0.15, 0.2) is 14.9 Å². The van der Waals surface area contributed by atoms with Gasteiger partial charge in [0.1, 0.15) is 5.52 Å². The van der Waals surface area contributed by atoms with E-state index >= 15 is 0 Å². The van der Waals surface area contributed by atoms with Gasteiger partial charge in [0, 0.05) is 23.7 Å². The summed E-state index contributed by atoms with van der Waals surface area (Å²) in [5.74, 6) is 0.314. The van der Waals surface area contributed by atoms with Crippen molar-refractivity contribution in [2.24, 2.45) is 0 Å². The van der Waals surface area contributed by atoms with Crippen molar-refractivity contribution in [3.05, 3.63) is 24.2 Å². The van der Waals surface area contributed by atoms with Crippen LogP contribution in [0.3, 0.4) is 0 Å². The van der Waals surface area contributed by atoms with Crippen LogP contribution in [0.5, 0.6) is 0 Å². The third kappa shape index (κ3) is 2.96. The Morgan fingerprint density at radius 3 is 2.65 bits per heavy atom. The third-order valence-corrected chi connectivity index (χ3v) is 4.96. The van der Waals surface area contributed by atoms with E-state index in [0.717, 1.165) is 5.69 Å². The average molecular weight is 316 g/mol. The minimum atomic E-state index is -3.44. The number of alkyl halides is 1. The largest absolute Gasteiger partial charge is 0.241 e. The molecule has 0 bridgehead atoms. The molecule has 0 aliphatic heterocycles. The lowest BCUT2D eigenvalue weighted by Crippen LogP contribution is -2.11. The Hall–Kier alpha value is -1.14. The molecular formula is C13H18ClN3O2S. The minimum absolute atomic E-state index is 0.000789. The molecule has 0 spiro atoms. The molecule has 2 heterocycles. The molecule has 0 aliphatic carbocycles. The third-order valence-electron chi connectivity index (χ3n) is 2.96. The van der Waals surface area contributed by atoms with Crippen LogP contribution < -0.4 is 0 Å². The Kier molecular flexibility index (Phi) is 4.07. The number of nitrogens with zero attached hydrogens (tertiary/aromatic N) is 3. The highest BCUT2D eigenvalue weighted by atomic mass is 35.5. The summed E-state index contributed by atoms with van der Waals surface area (Å²) in [5.41, 5.74) is 1.20. The van der Waals surface area contributed by atoms with E-state index in [1.807, 2.05) is 20.8 Å². The Balaban J connectivity index is 2.58. The van der Waals surface area contributed by atoms with E-state index in [-0.39, 0.29) is 16.2 Å². The van der Waals surface area contributed by atoms with Gasteiger partial charge in [0.05, 0.1) is 11.4 Å². The van der Waals surface area contributed by atoms with Crippen LogP contribution in [0.2, 0.25) is 0 Å². The van der Waals surface area contributed by atoms with Gasteiger partial charge in [-0.2, -0.15) is 5.10 Å². The van der Waals surface area contributed by atoms with Crippen molar-refractivity contribution >= 4 is 27.0 Å². The zero-order valence-electron chi connectivity index (χ0n) is 11.8. The second kappa shape index (κ2) is 5.33. The van der Waals surface area contributed by atoms with E-state index in [1.54, 1.807) is 16.8 Å². The maximum Gasteiger partial charge on any atom is 0.197 e. The summed E-state index contributed by atoms with van der Waals surface area (Å²) in [4.78, 5) is 4.03. The lowest BCUT2D eigenvalue weighted by molar-refractivity contribution is 0.562. The maximum absolute atomic E-state index is 12.3. The number of aromatic nitrogens is 3. The highest BCUT2D eigenvalue weighted by molar-refractivity contribution is 7.91. The molecule has 0 aromatic carbocycles. The van der Waals surface area contributed by atoms with E-state index in [2.05, 4.69) is 10.1 Å². The van der Waals surface area contributed by atoms with Crippen LogP contribution >= 0.6 is 11.6 Å². The summed E-state index contributed by atoms with van der Waals surface area (Å²) in [6, 6.07) is 1.79. The van der Waals surface area contributed by atoms with Gasteiger partial charge in [-0.1, -0.05) is 20.8 Å². The van der Waals surface area contributed by atoms with Gasteiger partial charge in [0.2, 0.25) is 0 Å². The van der Waals surface area contributed by atoms with E-state index in [4.69, 9.17) is 11.6 Å². The second-order valence-corrected chi connectivity index (χ2v) is 8.11. The molecule has 0 unspecified atom stereocenters. The predicted octanol–water partition coefficient (Wildman–Crippen LogP) is 2.43. The van der Waals surface area contributed by atoms with Crippen molar-refractivity contribution in [1.29, 1.82) is 0 Å². The van der Waals surface area contributed by atoms with Crippen molar-refractivity contribution in [2.75, 3.05) is 11.6 Å². The highest BCUT2D eigenvalue weighted by Crippen LogP contribution is 2.25. The zero-order chi connectivity index (χ0) is 15.0. The first-order chi connectivity index (χ1) is 9.25. The summed E-state index contributed by atoms with van der Waals surface area (Å²) in [6.07, 6.45) is 3.53. The number of rotatable bonds is 4. The van der Waals surface area contributed by atoms with E-state index in [0.29, 0.717) is 17.8 Å². The first kappa shape index (κ1) is 15.3. The number of hydrogen-bond acceptors (Lipinski definition) is 4. The van der Waals surface area contributed by atoms with Crippen molar-refractivity contribution in [2.45, 2.75) is 37.6 Å². The summed E-state index contributed by atoms with van der Waals surface area (Å²) in [6.45, 7) is 6.09. The lowest BCUT2D eigenvalue weighted by Gasteiger charge is -2.13. The summed E-state index contributed by atoms with van der Waals surface area (Å²) in [7, 11) is -3.44. The number of halogens is 1. The van der Waals surface area contributed by atoms with E-state index < -0.39 is 9.84 Å². The molecule has 5 nitrogen and oxygen atoms in total. The van der Waals surface area contributed by atoms with Crippen LogP contribution in [0.25, 0.3) is 5.52 Å². The number of fused-ring (bicyclic) bond motifs is 1. The molecule has 0 atom stereocenters. The number of sulfone groups is 1. The molecule has 110 valence electrons. The van der Waals surface area contributed by atoms with E-state index in [1.165, 1.54) is 6.20 Å². The average Bonchev–Trinajstić information content (AvgIpc) is 2.79. The topological polar surface area (TPSA) is 64.3 Å². The van der Waals surface area contributed by atoms with Gasteiger partial charge in [-0.3, -0.25) is 0 Å². The summed E-state index contributed by atoms with van der Waals surface area (Å²) >= 11 is 5.57. The first-order valence-electron chi connectivity index (χ1n) is 6.39. The monoisotopic (exact) mass is 315 g/mol. The molecule has 0 fully saturated rings. The van der Waals surface area contributed by atoms with Gasteiger partial charge in [-0.15, -0.1) is 11.6 Å². The Bertz CT molecular complexity index is 717. The molecule has 2 aromatic heterocycles. The van der Waals surface area contributed by atoms with Crippen LogP contribution in [0, 0.1) is 0 Å². The summed E-state index contributed by atoms with van der Waals surface area (Å²) in [5, 5.41) is 4.50. The summed E-state index contributed by atoms with van der Waals surface area (Å²) < 4.78 is 26.2. The van der Waals surface area contributed by atoms with Crippen LogP contribution in [0.1, 0.15) is 32.9 Å². The standard InChI is InChI=1S/C13H18ClN3O2S/c1-13(2,3)11-9-10-12(15-6-7-17(10)16-11)20(18,19)8-4-5-14/h6-7,9H,4-5,8H2,1-3H3. The Labute approximate surface area is 123 Å². The molecule has 2 rings (SSSR count). The number of hydrogen-bond donors (Lipinski definition) is 0. The SMILES string of the molecule is CC(C)(C)c1cc2c(S(=O)(=O)CCCCl)nccn2n1. The van der Waals surface area contributed by atoms with Crippen molar-refractivity contribution in [1.82, 2.24) is 14.6 Å². The molecule has 0 saturated heterocycles. The predicted molar refractivity (Wildman–Crippen MR) is 79.1 cm³/mol. The molecule has 0 aliphatic rings. The molecule has 20 heavy (non-hydrogen) atoms. The fourth-order valence-electron chi connectivity index (χ4n) is 1.85. The molecular weight excluding hydrogens is 298 g/mol. The molecule has 0 amide bonds. The normalized spacial score (nSPS) is 13.0. The van der Waals surface area contributed by atoms with Crippen molar-refractivity contribution in [3.63, 3.8) is 0 Å². The lowest BCUT2D eigenvalue weighted by atomic mass is 9.92. The van der Waals surface area contributed by atoms with Crippen molar-refractivity contribution in [3.8, 4) is 0 Å². The molecule has 0 N–H and O–H groups in total. The minimum Gasteiger partial charge on any atom is -0.241 e. The molecule has 7 heteroatoms. The van der Waals surface area contributed by atoms with Crippen LogP contribution in [0.15, 0.2) is 23.5 Å². The van der Waals surface area contributed by atoms with Gasteiger partial charge in [-0.25, -0.2) is 17.9 Å². The maximum atomic E-state index is 12.3. The second-order valence-electron chi connectivity index (χ2n) is 5.70. The van der Waals surface area contributed by atoms with Crippen LogP contribution in [-0.2, 0) is 15.3 Å². The first-order valence-corrected chi connectivity index (χ1v) is 8.58.